The van der Waals surface area contributed by atoms with E-state index in [4.69, 9.17) is 0 Å². The molecule has 1 aromatic rings. The summed E-state index contributed by atoms with van der Waals surface area (Å²) in [5.41, 5.74) is 3.18. The number of nitrogens with one attached hydrogen (secondary N) is 1. The molecule has 0 amide bonds. The molecule has 0 spiro atoms. The van der Waals surface area contributed by atoms with Gasteiger partial charge in [0.25, 0.3) is 0 Å². The van der Waals surface area contributed by atoms with Crippen molar-refractivity contribution in [1.29, 1.82) is 0 Å². The third-order valence-corrected chi connectivity index (χ3v) is 4.36. The Hall–Kier alpha value is -0.820. The van der Waals surface area contributed by atoms with Crippen LogP contribution in [0.15, 0.2) is 24.3 Å². The first-order valence-electron chi connectivity index (χ1n) is 6.62. The first kappa shape index (κ1) is 10.3. The lowest BCUT2D eigenvalue weighted by Crippen LogP contribution is -2.38. The fraction of sp³-hybridized carbons (Fsp3) is 0.600. The van der Waals surface area contributed by atoms with Gasteiger partial charge in [-0.05, 0) is 62.1 Å². The Kier molecular flexibility index (Phi) is 2.72. The molecule has 0 saturated heterocycles. The third kappa shape index (κ3) is 1.89. The van der Waals surface area contributed by atoms with Gasteiger partial charge in [-0.3, -0.25) is 0 Å². The summed E-state index contributed by atoms with van der Waals surface area (Å²) in [7, 11) is 2.14. The number of hydrogen-bond donors (Lipinski definition) is 1. The van der Waals surface area contributed by atoms with Gasteiger partial charge in [0.15, 0.2) is 0 Å². The monoisotopic (exact) mass is 215 g/mol. The fourth-order valence-corrected chi connectivity index (χ4v) is 3.34. The van der Waals surface area contributed by atoms with Crippen LogP contribution in [0.4, 0.5) is 0 Å². The van der Waals surface area contributed by atoms with Crippen LogP contribution in [-0.4, -0.2) is 13.1 Å². The van der Waals surface area contributed by atoms with Crippen molar-refractivity contribution in [3.05, 3.63) is 35.4 Å². The van der Waals surface area contributed by atoms with Gasteiger partial charge in [-0.25, -0.2) is 0 Å². The van der Waals surface area contributed by atoms with Crippen molar-refractivity contribution >= 4 is 0 Å². The summed E-state index contributed by atoms with van der Waals surface area (Å²) in [5.74, 6) is 1.84. The van der Waals surface area contributed by atoms with E-state index < -0.39 is 0 Å². The Morgan fingerprint density at radius 3 is 2.50 bits per heavy atom. The lowest BCUT2D eigenvalue weighted by Gasteiger charge is -2.31. The molecule has 3 rings (SSSR count). The molecule has 86 valence electrons. The summed E-state index contributed by atoms with van der Waals surface area (Å²) < 4.78 is 0. The summed E-state index contributed by atoms with van der Waals surface area (Å²) in [4.78, 5) is 0. The van der Waals surface area contributed by atoms with Crippen LogP contribution >= 0.6 is 0 Å². The standard InChI is InChI=1S/C15H21N/c1-16-15(12-7-8-12)14-9-6-11-4-2-3-5-13(11)10-14/h2-5,12,14-16H,6-10H2,1H3. The molecule has 0 aromatic heterocycles. The maximum absolute atomic E-state index is 3.56. The Labute approximate surface area is 98.3 Å². The van der Waals surface area contributed by atoms with Gasteiger partial charge >= 0.3 is 0 Å². The largest absolute Gasteiger partial charge is 0.316 e. The molecule has 1 aromatic carbocycles. The molecule has 2 aliphatic carbocycles. The van der Waals surface area contributed by atoms with E-state index in [0.29, 0.717) is 0 Å². The van der Waals surface area contributed by atoms with E-state index in [2.05, 4.69) is 36.6 Å². The molecule has 0 aliphatic heterocycles. The van der Waals surface area contributed by atoms with Crippen LogP contribution in [0.1, 0.15) is 30.4 Å². The van der Waals surface area contributed by atoms with Crippen LogP contribution in [-0.2, 0) is 12.8 Å². The van der Waals surface area contributed by atoms with E-state index in [9.17, 15) is 0 Å². The van der Waals surface area contributed by atoms with E-state index in [1.54, 1.807) is 11.1 Å². The minimum absolute atomic E-state index is 0.772. The quantitative estimate of drug-likeness (QED) is 0.817. The van der Waals surface area contributed by atoms with Crippen LogP contribution in [0.25, 0.3) is 0 Å². The van der Waals surface area contributed by atoms with Crippen LogP contribution in [0.3, 0.4) is 0 Å². The summed E-state index contributed by atoms with van der Waals surface area (Å²) >= 11 is 0. The molecule has 2 atom stereocenters. The summed E-state index contributed by atoms with van der Waals surface area (Å²) in [6, 6.07) is 9.76. The van der Waals surface area contributed by atoms with Crippen molar-refractivity contribution < 1.29 is 0 Å². The second-order valence-corrected chi connectivity index (χ2v) is 5.42. The van der Waals surface area contributed by atoms with E-state index in [1.165, 1.54) is 32.1 Å². The van der Waals surface area contributed by atoms with Crippen LogP contribution < -0.4 is 5.32 Å². The lowest BCUT2D eigenvalue weighted by molar-refractivity contribution is 0.306. The van der Waals surface area contributed by atoms with Crippen LogP contribution in [0.2, 0.25) is 0 Å². The summed E-state index contributed by atoms with van der Waals surface area (Å²) in [6.45, 7) is 0. The second-order valence-electron chi connectivity index (χ2n) is 5.42. The SMILES string of the molecule is CNC(C1CC1)C1CCc2ccccc2C1. The highest BCUT2D eigenvalue weighted by molar-refractivity contribution is 5.30. The molecule has 1 N–H and O–H groups in total. The third-order valence-electron chi connectivity index (χ3n) is 4.36. The molecule has 1 saturated carbocycles. The topological polar surface area (TPSA) is 12.0 Å². The number of aryl methyl sites for hydroxylation is 1. The average Bonchev–Trinajstić information content (AvgIpc) is 3.14. The van der Waals surface area contributed by atoms with Crippen molar-refractivity contribution in [2.45, 2.75) is 38.1 Å². The predicted molar refractivity (Wildman–Crippen MR) is 67.5 cm³/mol. The summed E-state index contributed by atoms with van der Waals surface area (Å²) in [5, 5.41) is 3.56. The van der Waals surface area contributed by atoms with Gasteiger partial charge < -0.3 is 5.32 Å². The minimum atomic E-state index is 0.772. The molecule has 16 heavy (non-hydrogen) atoms. The van der Waals surface area contributed by atoms with Crippen molar-refractivity contribution in [1.82, 2.24) is 5.32 Å². The highest BCUT2D eigenvalue weighted by Gasteiger charge is 2.36. The molecule has 0 heterocycles. The maximum Gasteiger partial charge on any atom is 0.0124 e. The minimum Gasteiger partial charge on any atom is -0.316 e. The normalized spacial score (nSPS) is 26.2. The molecule has 0 radical (unpaired) electrons. The van der Waals surface area contributed by atoms with Crippen LogP contribution in [0, 0.1) is 11.8 Å². The molecule has 0 bridgehead atoms. The van der Waals surface area contributed by atoms with Gasteiger partial charge in [0.05, 0.1) is 0 Å². The van der Waals surface area contributed by atoms with Gasteiger partial charge in [-0.1, -0.05) is 24.3 Å². The van der Waals surface area contributed by atoms with Gasteiger partial charge in [0, 0.05) is 6.04 Å². The Morgan fingerprint density at radius 2 is 1.81 bits per heavy atom. The number of hydrogen-bond acceptors (Lipinski definition) is 1. The molecule has 1 fully saturated rings. The van der Waals surface area contributed by atoms with Crippen molar-refractivity contribution in [2.24, 2.45) is 11.8 Å². The van der Waals surface area contributed by atoms with Gasteiger partial charge in [0.1, 0.15) is 0 Å². The first-order valence-corrected chi connectivity index (χ1v) is 6.62. The average molecular weight is 215 g/mol. The Morgan fingerprint density at radius 1 is 1.06 bits per heavy atom. The van der Waals surface area contributed by atoms with Crippen molar-refractivity contribution in [2.75, 3.05) is 7.05 Å². The fourth-order valence-electron chi connectivity index (χ4n) is 3.34. The van der Waals surface area contributed by atoms with Gasteiger partial charge in [0.2, 0.25) is 0 Å². The van der Waals surface area contributed by atoms with E-state index in [-0.39, 0.29) is 0 Å². The van der Waals surface area contributed by atoms with Gasteiger partial charge in [-0.15, -0.1) is 0 Å². The van der Waals surface area contributed by atoms with Crippen LogP contribution in [0.5, 0.6) is 0 Å². The lowest BCUT2D eigenvalue weighted by atomic mass is 9.78. The Balaban J connectivity index is 1.76. The molecule has 1 nitrogen and oxygen atoms in total. The number of fused-ring (bicyclic) bond motifs is 1. The molecule has 2 unspecified atom stereocenters. The second kappa shape index (κ2) is 4.21. The predicted octanol–water partition coefficient (Wildman–Crippen LogP) is 2.79. The first-order chi connectivity index (χ1) is 7.88. The number of benzene rings is 1. The zero-order chi connectivity index (χ0) is 11.0. The highest BCUT2D eigenvalue weighted by atomic mass is 14.9. The van der Waals surface area contributed by atoms with E-state index in [0.717, 1.165) is 17.9 Å². The van der Waals surface area contributed by atoms with Crippen molar-refractivity contribution in [3.63, 3.8) is 0 Å². The maximum atomic E-state index is 3.56. The van der Waals surface area contributed by atoms with Gasteiger partial charge in [-0.2, -0.15) is 0 Å². The smallest absolute Gasteiger partial charge is 0.0124 e. The Bertz CT molecular complexity index is 367. The molecule has 1 heteroatoms. The molecular formula is C15H21N. The van der Waals surface area contributed by atoms with Crippen molar-refractivity contribution in [3.8, 4) is 0 Å². The van der Waals surface area contributed by atoms with E-state index >= 15 is 0 Å². The number of rotatable bonds is 3. The zero-order valence-electron chi connectivity index (χ0n) is 10.1. The molecule has 2 aliphatic rings. The zero-order valence-corrected chi connectivity index (χ0v) is 10.1. The summed E-state index contributed by atoms with van der Waals surface area (Å²) in [6.07, 6.45) is 6.84. The highest BCUT2D eigenvalue weighted by Crippen LogP contribution is 2.39. The van der Waals surface area contributed by atoms with E-state index in [1.807, 2.05) is 0 Å². The molecular weight excluding hydrogens is 194 g/mol.